The Labute approximate surface area is 121 Å². The number of halogens is 3. The zero-order chi connectivity index (χ0) is 16.2. The molecule has 1 rings (SSSR count). The molecule has 0 aliphatic heterocycles. The van der Waals surface area contributed by atoms with E-state index in [0.29, 0.717) is 0 Å². The van der Waals surface area contributed by atoms with Crippen LogP contribution in [0, 0.1) is 17.5 Å². The molecule has 0 saturated heterocycles. The molecule has 1 amide bonds. The van der Waals surface area contributed by atoms with Gasteiger partial charge in [0.2, 0.25) is 0 Å². The van der Waals surface area contributed by atoms with E-state index < -0.39 is 35.2 Å². The van der Waals surface area contributed by atoms with Gasteiger partial charge in [-0.05, 0) is 38.8 Å². The predicted octanol–water partition coefficient (Wildman–Crippen LogP) is 2.50. The molecule has 118 valence electrons. The summed E-state index contributed by atoms with van der Waals surface area (Å²) in [6.45, 7) is 5.16. The number of alkyl carbamates (subject to hydrolysis) is 1. The number of rotatable bonds is 4. The van der Waals surface area contributed by atoms with Crippen LogP contribution >= 0.6 is 0 Å². The molecule has 0 aliphatic carbocycles. The highest BCUT2D eigenvalue weighted by Gasteiger charge is 2.18. The van der Waals surface area contributed by atoms with E-state index in [9.17, 15) is 18.0 Å². The number of nitrogens with two attached hydrogens (primary N) is 1. The summed E-state index contributed by atoms with van der Waals surface area (Å²) in [6, 6.07) is 1.31. The van der Waals surface area contributed by atoms with E-state index in [4.69, 9.17) is 10.5 Å². The summed E-state index contributed by atoms with van der Waals surface area (Å²) in [5, 5.41) is 2.43. The second kappa shape index (κ2) is 6.80. The van der Waals surface area contributed by atoms with Crippen LogP contribution in [0.5, 0.6) is 0 Å². The van der Waals surface area contributed by atoms with Crippen molar-refractivity contribution in [2.45, 2.75) is 38.8 Å². The van der Waals surface area contributed by atoms with E-state index in [1.807, 2.05) is 0 Å². The molecular weight excluding hydrogens is 285 g/mol. The fourth-order valence-electron chi connectivity index (χ4n) is 1.61. The van der Waals surface area contributed by atoms with Gasteiger partial charge < -0.3 is 15.8 Å². The molecule has 0 aliphatic rings. The number of hydrogen-bond donors (Lipinski definition) is 2. The quantitative estimate of drug-likeness (QED) is 0.840. The predicted molar refractivity (Wildman–Crippen MR) is 72.2 cm³/mol. The van der Waals surface area contributed by atoms with Gasteiger partial charge in [0.15, 0.2) is 17.5 Å². The molecule has 0 spiro atoms. The Kier molecular flexibility index (Phi) is 5.60. The molecule has 0 bridgehead atoms. The van der Waals surface area contributed by atoms with Gasteiger partial charge in [-0.3, -0.25) is 0 Å². The van der Waals surface area contributed by atoms with Gasteiger partial charge in [0.05, 0.1) is 0 Å². The van der Waals surface area contributed by atoms with E-state index in [1.165, 1.54) is 0 Å². The zero-order valence-corrected chi connectivity index (χ0v) is 12.2. The van der Waals surface area contributed by atoms with Crippen molar-refractivity contribution in [2.24, 2.45) is 5.73 Å². The lowest BCUT2D eigenvalue weighted by Gasteiger charge is -2.21. The summed E-state index contributed by atoms with van der Waals surface area (Å²) in [7, 11) is 0. The Morgan fingerprint density at radius 1 is 1.29 bits per heavy atom. The van der Waals surface area contributed by atoms with Crippen molar-refractivity contribution >= 4 is 6.09 Å². The van der Waals surface area contributed by atoms with E-state index >= 15 is 0 Å². The summed E-state index contributed by atoms with van der Waals surface area (Å²) < 4.78 is 44.3. The highest BCUT2D eigenvalue weighted by Crippen LogP contribution is 2.16. The standard InChI is InChI=1S/C14H19F3N2O2/c1-14(2,3)21-13(20)19-7-9(18)6-8-4-5-10(15)12(17)11(8)16/h4-5,9H,6-7,18H2,1-3H3,(H,19,20). The van der Waals surface area contributed by atoms with E-state index in [1.54, 1.807) is 20.8 Å². The number of ether oxygens (including phenoxy) is 1. The third kappa shape index (κ3) is 5.63. The van der Waals surface area contributed by atoms with Crippen molar-refractivity contribution in [1.82, 2.24) is 5.32 Å². The van der Waals surface area contributed by atoms with Gasteiger partial charge in [0.1, 0.15) is 5.60 Å². The molecule has 3 N–H and O–H groups in total. The van der Waals surface area contributed by atoms with Gasteiger partial charge in [0.25, 0.3) is 0 Å². The molecule has 0 aromatic heterocycles. The van der Waals surface area contributed by atoms with Crippen LogP contribution in [0.1, 0.15) is 26.3 Å². The minimum atomic E-state index is -1.53. The third-order valence-corrected chi connectivity index (χ3v) is 2.50. The molecule has 4 nitrogen and oxygen atoms in total. The van der Waals surface area contributed by atoms with Crippen molar-refractivity contribution < 1.29 is 22.7 Å². The molecule has 21 heavy (non-hydrogen) atoms. The molecule has 1 atom stereocenters. The summed E-state index contributed by atoms with van der Waals surface area (Å²) >= 11 is 0. The first kappa shape index (κ1) is 17.3. The highest BCUT2D eigenvalue weighted by molar-refractivity contribution is 5.67. The maximum atomic E-state index is 13.5. The van der Waals surface area contributed by atoms with E-state index in [2.05, 4.69) is 5.32 Å². The average Bonchev–Trinajstić information content (AvgIpc) is 2.35. The molecule has 7 heteroatoms. The smallest absolute Gasteiger partial charge is 0.407 e. The van der Waals surface area contributed by atoms with Gasteiger partial charge in [-0.2, -0.15) is 0 Å². The van der Waals surface area contributed by atoms with Gasteiger partial charge >= 0.3 is 6.09 Å². The topological polar surface area (TPSA) is 64.3 Å². The van der Waals surface area contributed by atoms with Crippen molar-refractivity contribution in [3.63, 3.8) is 0 Å². The summed E-state index contributed by atoms with van der Waals surface area (Å²) in [5.74, 6) is -4.04. The van der Waals surface area contributed by atoms with Gasteiger partial charge in [-0.15, -0.1) is 0 Å². The van der Waals surface area contributed by atoms with Gasteiger partial charge in [0, 0.05) is 12.6 Å². The van der Waals surface area contributed by atoms with Crippen molar-refractivity contribution in [3.8, 4) is 0 Å². The molecule has 0 saturated carbocycles. The number of carbonyl (C=O) groups is 1. The van der Waals surface area contributed by atoms with Crippen LogP contribution in [-0.4, -0.2) is 24.3 Å². The SMILES string of the molecule is CC(C)(C)OC(=O)NCC(N)Cc1ccc(F)c(F)c1F. The Hall–Kier alpha value is -1.76. The first-order valence-corrected chi connectivity index (χ1v) is 6.45. The molecular formula is C14H19F3N2O2. The molecule has 1 aromatic rings. The molecule has 1 aromatic carbocycles. The van der Waals surface area contributed by atoms with Crippen LogP contribution in [0.2, 0.25) is 0 Å². The van der Waals surface area contributed by atoms with Crippen molar-refractivity contribution in [2.75, 3.05) is 6.54 Å². The Bertz CT molecular complexity index is 516. The van der Waals surface area contributed by atoms with Crippen LogP contribution in [0.15, 0.2) is 12.1 Å². The van der Waals surface area contributed by atoms with Crippen LogP contribution in [-0.2, 0) is 11.2 Å². The second-order valence-corrected chi connectivity index (χ2v) is 5.68. The summed E-state index contributed by atoms with van der Waals surface area (Å²) in [5.41, 5.74) is 5.03. The zero-order valence-electron chi connectivity index (χ0n) is 12.2. The second-order valence-electron chi connectivity index (χ2n) is 5.68. The normalized spacial score (nSPS) is 12.9. The van der Waals surface area contributed by atoms with E-state index in [-0.39, 0.29) is 18.5 Å². The lowest BCUT2D eigenvalue weighted by molar-refractivity contribution is 0.0524. The molecule has 0 radical (unpaired) electrons. The Balaban J connectivity index is 2.53. The number of amides is 1. The summed E-state index contributed by atoms with van der Waals surface area (Å²) in [6.07, 6.45) is -0.692. The monoisotopic (exact) mass is 304 g/mol. The molecule has 1 unspecified atom stereocenters. The minimum Gasteiger partial charge on any atom is -0.444 e. The number of nitrogens with one attached hydrogen (secondary N) is 1. The largest absolute Gasteiger partial charge is 0.444 e. The molecule has 0 fully saturated rings. The van der Waals surface area contributed by atoms with Gasteiger partial charge in [-0.1, -0.05) is 6.07 Å². The lowest BCUT2D eigenvalue weighted by Crippen LogP contribution is -2.41. The van der Waals surface area contributed by atoms with E-state index in [0.717, 1.165) is 12.1 Å². The Morgan fingerprint density at radius 2 is 1.90 bits per heavy atom. The van der Waals surface area contributed by atoms with Crippen LogP contribution in [0.25, 0.3) is 0 Å². The lowest BCUT2D eigenvalue weighted by atomic mass is 10.1. The van der Waals surface area contributed by atoms with Gasteiger partial charge in [-0.25, -0.2) is 18.0 Å². The number of benzene rings is 1. The fourth-order valence-corrected chi connectivity index (χ4v) is 1.61. The van der Waals surface area contributed by atoms with Crippen LogP contribution in [0.3, 0.4) is 0 Å². The first-order chi connectivity index (χ1) is 9.60. The third-order valence-electron chi connectivity index (χ3n) is 2.50. The highest BCUT2D eigenvalue weighted by atomic mass is 19.2. The number of carbonyl (C=O) groups excluding carboxylic acids is 1. The Morgan fingerprint density at radius 3 is 2.48 bits per heavy atom. The average molecular weight is 304 g/mol. The summed E-state index contributed by atoms with van der Waals surface area (Å²) in [4.78, 5) is 11.4. The van der Waals surface area contributed by atoms with Crippen LogP contribution in [0.4, 0.5) is 18.0 Å². The van der Waals surface area contributed by atoms with Crippen LogP contribution < -0.4 is 11.1 Å². The maximum Gasteiger partial charge on any atom is 0.407 e. The minimum absolute atomic E-state index is 0.0212. The van der Waals surface area contributed by atoms with Crippen molar-refractivity contribution in [3.05, 3.63) is 35.1 Å². The fraction of sp³-hybridized carbons (Fsp3) is 0.500. The maximum absolute atomic E-state index is 13.5. The first-order valence-electron chi connectivity index (χ1n) is 6.45. The molecule has 0 heterocycles. The number of hydrogen-bond acceptors (Lipinski definition) is 3. The van der Waals surface area contributed by atoms with Crippen molar-refractivity contribution in [1.29, 1.82) is 0 Å².